The first-order chi connectivity index (χ1) is 20.7. The van der Waals surface area contributed by atoms with Gasteiger partial charge in [0, 0.05) is 42.3 Å². The largest absolute Gasteiger partial charge is 0.493 e. The van der Waals surface area contributed by atoms with Gasteiger partial charge < -0.3 is 23.7 Å². The van der Waals surface area contributed by atoms with Crippen molar-refractivity contribution in [3.8, 4) is 11.5 Å². The van der Waals surface area contributed by atoms with E-state index in [4.69, 9.17) is 9.47 Å². The van der Waals surface area contributed by atoms with Crippen molar-refractivity contribution < 1.29 is 32.5 Å². The zero-order chi connectivity index (χ0) is 30.0. The summed E-state index contributed by atoms with van der Waals surface area (Å²) in [6, 6.07) is 21.8. The quantitative estimate of drug-likeness (QED) is 0.163. The topological polar surface area (TPSA) is 65.6 Å². The van der Waals surface area contributed by atoms with Crippen molar-refractivity contribution in [3.63, 3.8) is 0 Å². The third-order valence-electron chi connectivity index (χ3n) is 7.66. The molecule has 43 heavy (non-hydrogen) atoms. The Bertz CT molecular complexity index is 1740. The van der Waals surface area contributed by atoms with Gasteiger partial charge >= 0.3 is 12.1 Å². The average Bonchev–Trinajstić information content (AvgIpc) is 3.57. The summed E-state index contributed by atoms with van der Waals surface area (Å²) in [6.07, 6.45) is 1.76. The number of hydrogen-bond acceptors (Lipinski definition) is 3. The minimum absolute atomic E-state index is 0.0390. The van der Waals surface area contributed by atoms with Crippen LogP contribution >= 0.6 is 0 Å². The van der Waals surface area contributed by atoms with E-state index in [1.165, 1.54) is 6.07 Å². The lowest BCUT2D eigenvalue weighted by Crippen LogP contribution is -2.13. The monoisotopic (exact) mass is 588 g/mol. The van der Waals surface area contributed by atoms with Crippen LogP contribution in [0.4, 0.5) is 13.2 Å². The number of carboxylic acid groups (broad SMARTS) is 1. The molecule has 0 radical (unpaired) electrons. The van der Waals surface area contributed by atoms with Gasteiger partial charge in [-0.2, -0.15) is 13.2 Å². The summed E-state index contributed by atoms with van der Waals surface area (Å²) in [5, 5.41) is 11.1. The summed E-state index contributed by atoms with van der Waals surface area (Å²) in [5.41, 5.74) is 1.59. The number of nitrogens with zero attached hydrogens (tertiary/aromatic N) is 2. The molecule has 1 saturated carbocycles. The molecular weight excluding hydrogens is 557 g/mol. The van der Waals surface area contributed by atoms with Crippen LogP contribution in [0.5, 0.6) is 11.5 Å². The molecule has 222 valence electrons. The number of hydrogen-bond donors (Lipinski definition) is 1. The van der Waals surface area contributed by atoms with Gasteiger partial charge in [-0.3, -0.25) is 0 Å². The maximum atomic E-state index is 13.4. The molecule has 3 aromatic carbocycles. The number of carbonyl (C=O) groups is 1. The summed E-state index contributed by atoms with van der Waals surface area (Å²) in [7, 11) is 0. The zero-order valence-electron chi connectivity index (χ0n) is 23.4. The minimum Gasteiger partial charge on any atom is -0.493 e. The zero-order valence-corrected chi connectivity index (χ0v) is 23.4. The van der Waals surface area contributed by atoms with Crippen LogP contribution in [0.3, 0.4) is 0 Å². The molecule has 1 aliphatic rings. The molecule has 5 aromatic rings. The SMILES string of the molecule is O=C(O)c1c(Cc2cccc(C(F)(F)F)c2)c2ccccc2n1Cc1cc(OCCn2cccc2)cc(OCC2CC2)c1. The fraction of sp³-hybridized carbons (Fsp3) is 0.265. The summed E-state index contributed by atoms with van der Waals surface area (Å²) in [4.78, 5) is 12.7. The molecule has 0 unspecified atom stereocenters. The van der Waals surface area contributed by atoms with E-state index in [1.54, 1.807) is 16.7 Å². The highest BCUT2D eigenvalue weighted by atomic mass is 19.4. The van der Waals surface area contributed by atoms with Gasteiger partial charge in [0.05, 0.1) is 18.7 Å². The highest BCUT2D eigenvalue weighted by Gasteiger charge is 2.31. The van der Waals surface area contributed by atoms with Crippen LogP contribution in [0.25, 0.3) is 10.9 Å². The molecule has 9 heteroatoms. The number of para-hydroxylation sites is 1. The molecule has 0 amide bonds. The number of benzene rings is 3. The standard InChI is InChI=1S/C34H31F3N2O4/c35-34(36,37)26-7-5-6-24(16-26)19-30-29-8-1-2-9-31(29)39(32(30)33(40)41)21-25-17-27(42-15-14-38-12-3-4-13-38)20-28(18-25)43-22-23-10-11-23/h1-9,12-13,16-18,20,23H,10-11,14-15,19,21-22H2,(H,40,41). The number of rotatable bonds is 12. The molecular formula is C34H31F3N2O4. The summed E-state index contributed by atoms with van der Waals surface area (Å²) < 4.78 is 56.1. The highest BCUT2D eigenvalue weighted by Crippen LogP contribution is 2.34. The lowest BCUT2D eigenvalue weighted by Gasteiger charge is -2.15. The number of aromatic nitrogens is 2. The van der Waals surface area contributed by atoms with E-state index in [0.717, 1.165) is 30.5 Å². The Kier molecular flexibility index (Phi) is 7.88. The van der Waals surface area contributed by atoms with Gasteiger partial charge in [-0.05, 0) is 71.8 Å². The van der Waals surface area contributed by atoms with Gasteiger partial charge in [0.25, 0.3) is 0 Å². The maximum Gasteiger partial charge on any atom is 0.416 e. The fourth-order valence-electron chi connectivity index (χ4n) is 5.38. The van der Waals surface area contributed by atoms with Gasteiger partial charge in [-0.15, -0.1) is 0 Å². The summed E-state index contributed by atoms with van der Waals surface area (Å²) in [6.45, 7) is 1.92. The fourth-order valence-corrected chi connectivity index (χ4v) is 5.38. The molecule has 1 N–H and O–H groups in total. The number of halogens is 3. The van der Waals surface area contributed by atoms with Crippen LogP contribution in [0, 0.1) is 5.92 Å². The first-order valence-corrected chi connectivity index (χ1v) is 14.2. The van der Waals surface area contributed by atoms with E-state index in [0.29, 0.717) is 59.2 Å². The highest BCUT2D eigenvalue weighted by molar-refractivity contribution is 5.98. The first-order valence-electron chi connectivity index (χ1n) is 14.2. The Hall–Kier alpha value is -4.66. The second kappa shape index (κ2) is 11.9. The predicted molar refractivity (Wildman–Crippen MR) is 157 cm³/mol. The third kappa shape index (κ3) is 6.71. The van der Waals surface area contributed by atoms with E-state index in [-0.39, 0.29) is 18.7 Å². The predicted octanol–water partition coefficient (Wildman–Crippen LogP) is 7.67. The minimum atomic E-state index is -4.49. The molecule has 1 aliphatic carbocycles. The molecule has 0 atom stereocenters. The third-order valence-corrected chi connectivity index (χ3v) is 7.66. The van der Waals surface area contributed by atoms with Crippen LogP contribution in [-0.4, -0.2) is 33.4 Å². The Morgan fingerprint density at radius 1 is 0.884 bits per heavy atom. The van der Waals surface area contributed by atoms with Crippen molar-refractivity contribution in [2.24, 2.45) is 5.92 Å². The van der Waals surface area contributed by atoms with E-state index in [2.05, 4.69) is 0 Å². The van der Waals surface area contributed by atoms with Crippen molar-refractivity contribution in [1.29, 1.82) is 0 Å². The smallest absolute Gasteiger partial charge is 0.416 e. The summed E-state index contributed by atoms with van der Waals surface area (Å²) in [5.74, 6) is 0.667. The van der Waals surface area contributed by atoms with Gasteiger partial charge in [-0.1, -0.05) is 36.4 Å². The van der Waals surface area contributed by atoms with Crippen molar-refractivity contribution in [2.45, 2.75) is 38.5 Å². The van der Waals surface area contributed by atoms with Crippen molar-refractivity contribution in [1.82, 2.24) is 9.13 Å². The van der Waals surface area contributed by atoms with Crippen molar-refractivity contribution in [2.75, 3.05) is 13.2 Å². The van der Waals surface area contributed by atoms with Gasteiger partial charge in [0.1, 0.15) is 23.8 Å². The number of carboxylic acids is 1. The Labute approximate surface area is 246 Å². The van der Waals surface area contributed by atoms with Gasteiger partial charge in [0.15, 0.2) is 0 Å². The van der Waals surface area contributed by atoms with E-state index >= 15 is 0 Å². The first kappa shape index (κ1) is 28.5. The van der Waals surface area contributed by atoms with E-state index < -0.39 is 17.7 Å². The molecule has 1 fully saturated rings. The van der Waals surface area contributed by atoms with Crippen LogP contribution in [0.15, 0.2) is 91.3 Å². The number of alkyl halides is 3. The molecule has 0 aliphatic heterocycles. The molecule has 0 saturated heterocycles. The van der Waals surface area contributed by atoms with Crippen molar-refractivity contribution in [3.05, 3.63) is 119 Å². The second-order valence-corrected chi connectivity index (χ2v) is 10.9. The molecule has 0 spiro atoms. The van der Waals surface area contributed by atoms with Crippen molar-refractivity contribution >= 4 is 16.9 Å². The van der Waals surface area contributed by atoms with Crippen LogP contribution < -0.4 is 9.47 Å². The maximum absolute atomic E-state index is 13.4. The average molecular weight is 589 g/mol. The normalized spacial score (nSPS) is 13.4. The van der Waals surface area contributed by atoms with Crippen LogP contribution in [0.1, 0.15) is 45.6 Å². The molecule has 6 rings (SSSR count). The Morgan fingerprint density at radius 2 is 1.63 bits per heavy atom. The second-order valence-electron chi connectivity index (χ2n) is 10.9. The molecule has 0 bridgehead atoms. The molecule has 2 heterocycles. The number of fused-ring (bicyclic) bond motifs is 1. The number of aromatic carboxylic acids is 1. The molecule has 2 aromatic heterocycles. The molecule has 6 nitrogen and oxygen atoms in total. The Balaban J connectivity index is 1.35. The van der Waals surface area contributed by atoms with E-state index in [1.807, 2.05) is 65.5 Å². The van der Waals surface area contributed by atoms with Gasteiger partial charge in [0.2, 0.25) is 0 Å². The summed E-state index contributed by atoms with van der Waals surface area (Å²) >= 11 is 0. The number of ether oxygens (including phenoxy) is 2. The van der Waals surface area contributed by atoms with E-state index in [9.17, 15) is 23.1 Å². The van der Waals surface area contributed by atoms with Crippen LogP contribution in [0.2, 0.25) is 0 Å². The lowest BCUT2D eigenvalue weighted by atomic mass is 10.00. The lowest BCUT2D eigenvalue weighted by molar-refractivity contribution is -0.137. The van der Waals surface area contributed by atoms with Crippen LogP contribution in [-0.2, 0) is 25.7 Å². The van der Waals surface area contributed by atoms with Gasteiger partial charge in [-0.25, -0.2) is 4.79 Å². The Morgan fingerprint density at radius 3 is 2.35 bits per heavy atom.